The van der Waals surface area contributed by atoms with E-state index in [0.29, 0.717) is 27.8 Å². The number of fused-ring (bicyclic) bond motifs is 2. The minimum Gasteiger partial charge on any atom is -0.335 e. The molecule has 0 atom stereocenters. The summed E-state index contributed by atoms with van der Waals surface area (Å²) in [6, 6.07) is 7.59. The number of H-pyrrole nitrogens is 2. The Morgan fingerprint density at radius 1 is 1.00 bits per heavy atom. The molecule has 0 aliphatic heterocycles. The smallest absolute Gasteiger partial charge is 0.227 e. The summed E-state index contributed by atoms with van der Waals surface area (Å²) in [6.07, 6.45) is 12.7. The fourth-order valence-corrected chi connectivity index (χ4v) is 6.15. The minimum absolute atomic E-state index is 0.0310. The highest BCUT2D eigenvalue weighted by Gasteiger charge is 2.23. The van der Waals surface area contributed by atoms with Crippen LogP contribution in [0.5, 0.6) is 0 Å². The number of ketones is 1. The summed E-state index contributed by atoms with van der Waals surface area (Å²) in [7, 11) is 0. The lowest BCUT2D eigenvalue weighted by Gasteiger charge is -2.11. The molecule has 1 fully saturated rings. The maximum atomic E-state index is 12.6. The summed E-state index contributed by atoms with van der Waals surface area (Å²) in [5.41, 5.74) is 5.93. The predicted molar refractivity (Wildman–Crippen MR) is 154 cm³/mol. The molecule has 1 saturated carbocycles. The molecule has 198 valence electrons. The van der Waals surface area contributed by atoms with Crippen molar-refractivity contribution in [3.8, 4) is 33.2 Å². The molecule has 7 rings (SSSR count). The lowest BCUT2D eigenvalue weighted by molar-refractivity contribution is -0.119. The van der Waals surface area contributed by atoms with E-state index >= 15 is 0 Å². The third-order valence-electron chi connectivity index (χ3n) is 7.31. The Balaban J connectivity index is 1.24. The quantitative estimate of drug-likeness (QED) is 0.216. The Hall–Kier alpha value is -4.77. The third kappa shape index (κ3) is 4.34. The predicted octanol–water partition coefficient (Wildman–Crippen LogP) is 6.02. The fourth-order valence-electron chi connectivity index (χ4n) is 5.23. The lowest BCUT2D eigenvalue weighted by atomic mass is 10.1. The van der Waals surface area contributed by atoms with Crippen LogP contribution in [0.15, 0.2) is 55.2 Å². The molecule has 10 nitrogen and oxygen atoms in total. The van der Waals surface area contributed by atoms with Crippen LogP contribution in [0, 0.1) is 5.92 Å². The average Bonchev–Trinajstić information content (AvgIpc) is 3.78. The topological polar surface area (TPSA) is 142 Å². The van der Waals surface area contributed by atoms with E-state index in [1.54, 1.807) is 37.9 Å². The normalized spacial score (nSPS) is 13.8. The molecule has 6 aromatic rings. The van der Waals surface area contributed by atoms with Gasteiger partial charge in [0.1, 0.15) is 11.2 Å². The fraction of sp³-hybridized carbons (Fsp3) is 0.207. The molecule has 11 heteroatoms. The first-order chi connectivity index (χ1) is 19.5. The standard InChI is InChI=1S/C29H24N8O2S/c1-15(38)24-6-7-25(40-24)20-12-31-13-23-26(20)35-28(34-23)27-19-9-21(32-14-22(19)36-37-27)17-8-18(11-30-10-17)33-29(39)16-4-2-3-5-16/h6-14,16H,2-5H2,1H3,(H,33,39)(H,34,35)(H,36,37). The maximum Gasteiger partial charge on any atom is 0.227 e. The molecule has 40 heavy (non-hydrogen) atoms. The van der Waals surface area contributed by atoms with Gasteiger partial charge in [0.2, 0.25) is 5.91 Å². The van der Waals surface area contributed by atoms with E-state index in [1.165, 1.54) is 11.3 Å². The van der Waals surface area contributed by atoms with Crippen molar-refractivity contribution in [1.82, 2.24) is 35.1 Å². The highest BCUT2D eigenvalue weighted by Crippen LogP contribution is 2.35. The van der Waals surface area contributed by atoms with E-state index < -0.39 is 0 Å². The molecule has 0 saturated heterocycles. The molecule has 3 N–H and O–H groups in total. The molecule has 1 amide bonds. The maximum absolute atomic E-state index is 12.6. The number of imidazole rings is 1. The van der Waals surface area contributed by atoms with Crippen molar-refractivity contribution in [2.45, 2.75) is 32.6 Å². The Morgan fingerprint density at radius 2 is 1.85 bits per heavy atom. The molecule has 0 spiro atoms. The monoisotopic (exact) mass is 548 g/mol. The van der Waals surface area contributed by atoms with Gasteiger partial charge in [-0.15, -0.1) is 11.3 Å². The van der Waals surface area contributed by atoms with Crippen molar-refractivity contribution >= 4 is 50.7 Å². The zero-order valence-corrected chi connectivity index (χ0v) is 22.4. The molecular formula is C29H24N8O2S. The average molecular weight is 549 g/mol. The van der Waals surface area contributed by atoms with Crippen molar-refractivity contribution in [3.05, 3.63) is 60.1 Å². The van der Waals surface area contributed by atoms with E-state index in [0.717, 1.165) is 63.6 Å². The van der Waals surface area contributed by atoms with E-state index in [4.69, 9.17) is 4.98 Å². The van der Waals surface area contributed by atoms with Crippen LogP contribution >= 0.6 is 11.3 Å². The van der Waals surface area contributed by atoms with Crippen LogP contribution in [0.1, 0.15) is 42.3 Å². The number of aromatic amines is 2. The Kier molecular flexibility index (Phi) is 5.93. The van der Waals surface area contributed by atoms with Gasteiger partial charge in [0.05, 0.1) is 45.9 Å². The van der Waals surface area contributed by atoms with Crippen molar-refractivity contribution < 1.29 is 9.59 Å². The molecule has 0 aromatic carbocycles. The van der Waals surface area contributed by atoms with Crippen molar-refractivity contribution in [2.24, 2.45) is 5.92 Å². The number of amides is 1. The van der Waals surface area contributed by atoms with Crippen LogP contribution in [0.4, 0.5) is 5.69 Å². The van der Waals surface area contributed by atoms with Crippen molar-refractivity contribution in [1.29, 1.82) is 0 Å². The Bertz CT molecular complexity index is 1910. The van der Waals surface area contributed by atoms with Gasteiger partial charge in [0, 0.05) is 39.7 Å². The number of hydrogen-bond donors (Lipinski definition) is 3. The first kappa shape index (κ1) is 24.3. The van der Waals surface area contributed by atoms with Crippen LogP contribution in [-0.2, 0) is 4.79 Å². The molecular weight excluding hydrogens is 524 g/mol. The molecule has 1 aliphatic rings. The van der Waals surface area contributed by atoms with Crippen LogP contribution in [-0.4, -0.2) is 46.8 Å². The summed E-state index contributed by atoms with van der Waals surface area (Å²) < 4.78 is 0. The van der Waals surface area contributed by atoms with Gasteiger partial charge in [-0.3, -0.25) is 29.6 Å². The highest BCUT2D eigenvalue weighted by molar-refractivity contribution is 7.17. The number of carbonyl (C=O) groups is 2. The Morgan fingerprint density at radius 3 is 2.67 bits per heavy atom. The zero-order chi connectivity index (χ0) is 27.2. The van der Waals surface area contributed by atoms with Gasteiger partial charge in [0.15, 0.2) is 11.6 Å². The van der Waals surface area contributed by atoms with E-state index in [2.05, 4.69) is 35.5 Å². The van der Waals surface area contributed by atoms with Gasteiger partial charge in [-0.1, -0.05) is 12.8 Å². The third-order valence-corrected chi connectivity index (χ3v) is 8.53. The van der Waals surface area contributed by atoms with Gasteiger partial charge in [-0.2, -0.15) is 5.10 Å². The molecule has 0 unspecified atom stereocenters. The van der Waals surface area contributed by atoms with Crippen molar-refractivity contribution in [2.75, 3.05) is 5.32 Å². The largest absolute Gasteiger partial charge is 0.335 e. The lowest BCUT2D eigenvalue weighted by Crippen LogP contribution is -2.20. The summed E-state index contributed by atoms with van der Waals surface area (Å²) in [5, 5.41) is 11.4. The SMILES string of the molecule is CC(=O)c1ccc(-c2cncc3[nH]c(-c4n[nH]c5cnc(-c6cncc(NC(=O)C7CCCC7)c6)cc45)nc23)s1. The molecule has 0 bridgehead atoms. The molecule has 6 heterocycles. The number of pyridine rings is 3. The van der Waals surface area contributed by atoms with Gasteiger partial charge < -0.3 is 10.3 Å². The van der Waals surface area contributed by atoms with Crippen LogP contribution in [0.2, 0.25) is 0 Å². The number of hydrogen-bond acceptors (Lipinski definition) is 8. The van der Waals surface area contributed by atoms with E-state index in [9.17, 15) is 9.59 Å². The van der Waals surface area contributed by atoms with Crippen LogP contribution in [0.3, 0.4) is 0 Å². The summed E-state index contributed by atoms with van der Waals surface area (Å²) in [5.74, 6) is 0.744. The summed E-state index contributed by atoms with van der Waals surface area (Å²) >= 11 is 1.42. The zero-order valence-electron chi connectivity index (χ0n) is 21.6. The van der Waals surface area contributed by atoms with Crippen LogP contribution in [0.25, 0.3) is 55.2 Å². The number of nitrogens with zero attached hydrogens (tertiary/aromatic N) is 5. The molecule has 0 radical (unpaired) electrons. The molecule has 6 aromatic heterocycles. The van der Waals surface area contributed by atoms with Gasteiger partial charge >= 0.3 is 0 Å². The van der Waals surface area contributed by atoms with Crippen molar-refractivity contribution in [3.63, 3.8) is 0 Å². The van der Waals surface area contributed by atoms with Crippen LogP contribution < -0.4 is 5.32 Å². The number of aromatic nitrogens is 7. The second-order valence-corrected chi connectivity index (χ2v) is 11.1. The number of thiophene rings is 1. The number of nitrogens with one attached hydrogen (secondary N) is 3. The highest BCUT2D eigenvalue weighted by atomic mass is 32.1. The number of rotatable bonds is 6. The number of Topliss-reactive ketones (excluding diaryl/α,β-unsaturated/α-hetero) is 1. The number of anilines is 1. The number of carbonyl (C=O) groups excluding carboxylic acids is 2. The second kappa shape index (κ2) is 9.76. The van der Waals surface area contributed by atoms with Gasteiger partial charge in [0.25, 0.3) is 0 Å². The van der Waals surface area contributed by atoms with Gasteiger partial charge in [-0.25, -0.2) is 4.98 Å². The Labute approximate surface area is 232 Å². The summed E-state index contributed by atoms with van der Waals surface area (Å²) in [4.78, 5) is 47.6. The minimum atomic E-state index is 0.0310. The first-order valence-corrected chi connectivity index (χ1v) is 13.9. The molecule has 1 aliphatic carbocycles. The first-order valence-electron chi connectivity index (χ1n) is 13.1. The van der Waals surface area contributed by atoms with E-state index in [1.807, 2.05) is 24.3 Å². The summed E-state index contributed by atoms with van der Waals surface area (Å²) in [6.45, 7) is 1.56. The second-order valence-electron chi connectivity index (χ2n) is 10.0. The van der Waals surface area contributed by atoms with Gasteiger partial charge in [-0.05, 0) is 44.0 Å². The van der Waals surface area contributed by atoms with E-state index in [-0.39, 0.29) is 17.6 Å².